The number of benzene rings is 3. The maximum atomic E-state index is 14.7. The normalized spacial score (nSPS) is 11.5. The lowest BCUT2D eigenvalue weighted by Gasteiger charge is -2.23. The second-order valence-electron chi connectivity index (χ2n) is 7.24. The Morgan fingerprint density at radius 1 is 0.939 bits per heavy atom. The van der Waals surface area contributed by atoms with E-state index in [4.69, 9.17) is 0 Å². The number of anilines is 4. The number of hydrogen-bond donors (Lipinski definition) is 2. The first-order chi connectivity index (χ1) is 16.0. The molecule has 0 aliphatic rings. The molecule has 0 spiro atoms. The van der Waals surface area contributed by atoms with Crippen LogP contribution in [0.2, 0.25) is 0 Å². The highest BCUT2D eigenvalue weighted by atomic mass is 19.1. The first-order valence-corrected chi connectivity index (χ1v) is 10.3. The Morgan fingerprint density at radius 2 is 1.70 bits per heavy atom. The summed E-state index contributed by atoms with van der Waals surface area (Å²) in [4.78, 5) is 22.9. The minimum absolute atomic E-state index is 0.00726. The number of rotatable bonds is 6. The number of nitrogens with zero attached hydrogens (tertiary/aromatic N) is 3. The first-order valence-electron chi connectivity index (χ1n) is 10.3. The highest BCUT2D eigenvalue weighted by Crippen LogP contribution is 2.28. The van der Waals surface area contributed by atoms with Crippen molar-refractivity contribution < 1.29 is 13.6 Å². The van der Waals surface area contributed by atoms with Crippen molar-refractivity contribution in [2.24, 2.45) is 0 Å². The van der Waals surface area contributed by atoms with Gasteiger partial charge in [0.25, 0.3) is 0 Å². The summed E-state index contributed by atoms with van der Waals surface area (Å²) in [5.74, 6) is -0.707. The van der Waals surface area contributed by atoms with E-state index < -0.39 is 17.7 Å². The van der Waals surface area contributed by atoms with Crippen LogP contribution in [-0.2, 0) is 0 Å². The number of hydrogen-bond acceptors (Lipinski definition) is 4. The highest BCUT2D eigenvalue weighted by Gasteiger charge is 2.23. The van der Waals surface area contributed by atoms with Crippen LogP contribution in [0, 0.1) is 11.6 Å². The summed E-state index contributed by atoms with van der Waals surface area (Å²) in [7, 11) is 0. The van der Waals surface area contributed by atoms with Crippen LogP contribution < -0.4 is 15.5 Å². The van der Waals surface area contributed by atoms with Gasteiger partial charge in [0.1, 0.15) is 17.5 Å². The Bertz CT molecular complexity index is 1250. The summed E-state index contributed by atoms with van der Waals surface area (Å²) in [6.45, 7) is 1.96. The molecule has 4 rings (SSSR count). The number of urea groups is 1. The van der Waals surface area contributed by atoms with Gasteiger partial charge in [-0.2, -0.15) is 4.98 Å². The number of para-hydroxylation sites is 1. The van der Waals surface area contributed by atoms with Crippen molar-refractivity contribution in [3.05, 3.63) is 108 Å². The molecule has 0 radical (unpaired) electrons. The average Bonchev–Trinajstić information content (AvgIpc) is 2.81. The maximum absolute atomic E-state index is 14.7. The van der Waals surface area contributed by atoms with Crippen LogP contribution in [0.3, 0.4) is 0 Å². The van der Waals surface area contributed by atoms with Crippen molar-refractivity contribution in [3.63, 3.8) is 0 Å². The van der Waals surface area contributed by atoms with E-state index in [1.54, 1.807) is 6.07 Å². The molecule has 0 bridgehead atoms. The largest absolute Gasteiger partial charge is 0.348 e. The lowest BCUT2D eigenvalue weighted by atomic mass is 10.1. The molecule has 0 aliphatic carbocycles. The average molecular weight is 445 g/mol. The number of carbonyl (C=O) groups is 1. The minimum atomic E-state index is -0.702. The molecule has 33 heavy (non-hydrogen) atoms. The molecule has 6 nitrogen and oxygen atoms in total. The molecule has 0 fully saturated rings. The standard InChI is InChI=1S/C25H21F2N5O/c1-17(18-8-3-2-4-9-18)29-24-28-15-14-23(31-24)32(22-13-6-5-12-21(22)27)25(33)30-20-11-7-10-19(26)16-20/h2-17H,1H3,(H,30,33)(H,28,29,31)/t17-/m0/s1. The zero-order valence-corrected chi connectivity index (χ0v) is 17.7. The van der Waals surface area contributed by atoms with E-state index in [9.17, 15) is 13.6 Å². The molecule has 3 aromatic carbocycles. The fourth-order valence-electron chi connectivity index (χ4n) is 3.28. The topological polar surface area (TPSA) is 70.2 Å². The SMILES string of the molecule is C[C@H](Nc1nccc(N(C(=O)Nc2cccc(F)c2)c2ccccc2F)n1)c1ccccc1. The van der Waals surface area contributed by atoms with Gasteiger partial charge in [-0.15, -0.1) is 0 Å². The zero-order chi connectivity index (χ0) is 23.2. The smallest absolute Gasteiger partial charge is 0.332 e. The molecule has 0 saturated heterocycles. The molecule has 166 valence electrons. The van der Waals surface area contributed by atoms with Gasteiger partial charge in [-0.25, -0.2) is 23.5 Å². The van der Waals surface area contributed by atoms with Crippen LogP contribution in [0.1, 0.15) is 18.5 Å². The third-order valence-corrected chi connectivity index (χ3v) is 4.89. The van der Waals surface area contributed by atoms with Gasteiger partial charge in [-0.3, -0.25) is 0 Å². The van der Waals surface area contributed by atoms with E-state index in [1.165, 1.54) is 54.7 Å². The summed E-state index contributed by atoms with van der Waals surface area (Å²) in [6.07, 6.45) is 1.48. The lowest BCUT2D eigenvalue weighted by molar-refractivity contribution is 0.258. The van der Waals surface area contributed by atoms with Gasteiger partial charge in [-0.05, 0) is 42.8 Å². The maximum Gasteiger partial charge on any atom is 0.332 e. The van der Waals surface area contributed by atoms with E-state index in [0.717, 1.165) is 10.5 Å². The number of amides is 2. The van der Waals surface area contributed by atoms with E-state index in [2.05, 4.69) is 20.6 Å². The van der Waals surface area contributed by atoms with Gasteiger partial charge in [0.05, 0.1) is 11.7 Å². The Kier molecular flexibility index (Phi) is 6.54. The molecule has 1 atom stereocenters. The van der Waals surface area contributed by atoms with Crippen molar-refractivity contribution in [3.8, 4) is 0 Å². The van der Waals surface area contributed by atoms with E-state index >= 15 is 0 Å². The molecule has 2 N–H and O–H groups in total. The second-order valence-corrected chi connectivity index (χ2v) is 7.24. The Balaban J connectivity index is 1.66. The van der Waals surface area contributed by atoms with E-state index in [-0.39, 0.29) is 29.2 Å². The molecular weight excluding hydrogens is 424 g/mol. The Morgan fingerprint density at radius 3 is 2.45 bits per heavy atom. The quantitative estimate of drug-likeness (QED) is 0.366. The molecule has 1 aromatic heterocycles. The van der Waals surface area contributed by atoms with Gasteiger partial charge in [0.15, 0.2) is 0 Å². The van der Waals surface area contributed by atoms with Crippen LogP contribution in [0.15, 0.2) is 91.1 Å². The molecule has 4 aromatic rings. The fourth-order valence-corrected chi connectivity index (χ4v) is 3.28. The zero-order valence-electron chi connectivity index (χ0n) is 17.7. The van der Waals surface area contributed by atoms with Crippen LogP contribution >= 0.6 is 0 Å². The van der Waals surface area contributed by atoms with E-state index in [1.807, 2.05) is 37.3 Å². The van der Waals surface area contributed by atoms with Gasteiger partial charge in [0.2, 0.25) is 5.95 Å². The van der Waals surface area contributed by atoms with E-state index in [0.29, 0.717) is 0 Å². The number of carbonyl (C=O) groups excluding carboxylic acids is 1. The molecular formula is C25H21F2N5O. The van der Waals surface area contributed by atoms with Gasteiger partial charge in [0, 0.05) is 18.0 Å². The third kappa shape index (κ3) is 5.30. The molecule has 0 aliphatic heterocycles. The summed E-state index contributed by atoms with van der Waals surface area (Å²) >= 11 is 0. The summed E-state index contributed by atoms with van der Waals surface area (Å²) in [5.41, 5.74) is 1.25. The van der Waals surface area contributed by atoms with Crippen molar-refractivity contribution in [1.82, 2.24) is 9.97 Å². The van der Waals surface area contributed by atoms with Crippen LogP contribution in [0.25, 0.3) is 0 Å². The lowest BCUT2D eigenvalue weighted by Crippen LogP contribution is -2.32. The van der Waals surface area contributed by atoms with Crippen LogP contribution in [0.4, 0.5) is 36.7 Å². The van der Waals surface area contributed by atoms with Crippen LogP contribution in [0.5, 0.6) is 0 Å². The number of halogens is 2. The first kappa shape index (κ1) is 21.9. The molecule has 0 saturated carbocycles. The molecule has 2 amide bonds. The van der Waals surface area contributed by atoms with Crippen molar-refractivity contribution >= 4 is 29.2 Å². The minimum Gasteiger partial charge on any atom is -0.348 e. The number of aromatic nitrogens is 2. The molecule has 8 heteroatoms. The monoisotopic (exact) mass is 445 g/mol. The van der Waals surface area contributed by atoms with Gasteiger partial charge < -0.3 is 10.6 Å². The predicted octanol–water partition coefficient (Wildman–Crippen LogP) is 6.30. The number of nitrogens with one attached hydrogen (secondary N) is 2. The van der Waals surface area contributed by atoms with Crippen molar-refractivity contribution in [1.29, 1.82) is 0 Å². The molecule has 0 unspecified atom stereocenters. The fraction of sp³-hybridized carbons (Fsp3) is 0.0800. The summed E-state index contributed by atoms with van der Waals surface area (Å²) in [6, 6.07) is 21.7. The second kappa shape index (κ2) is 9.86. The van der Waals surface area contributed by atoms with Crippen molar-refractivity contribution in [2.75, 3.05) is 15.5 Å². The Labute approximate surface area is 189 Å². The predicted molar refractivity (Wildman–Crippen MR) is 124 cm³/mol. The van der Waals surface area contributed by atoms with Gasteiger partial charge in [-0.1, -0.05) is 48.5 Å². The van der Waals surface area contributed by atoms with Crippen molar-refractivity contribution in [2.45, 2.75) is 13.0 Å². The van der Waals surface area contributed by atoms with Gasteiger partial charge >= 0.3 is 6.03 Å². The Hall–Kier alpha value is -4.33. The molecule has 1 heterocycles. The highest BCUT2D eigenvalue weighted by molar-refractivity contribution is 6.06. The summed E-state index contributed by atoms with van der Waals surface area (Å²) in [5, 5.41) is 5.78. The van der Waals surface area contributed by atoms with Crippen LogP contribution in [-0.4, -0.2) is 16.0 Å². The third-order valence-electron chi connectivity index (χ3n) is 4.89. The summed E-state index contributed by atoms with van der Waals surface area (Å²) < 4.78 is 28.3.